The highest BCUT2D eigenvalue weighted by Gasteiger charge is 2.43. The summed E-state index contributed by atoms with van der Waals surface area (Å²) in [7, 11) is 2.12. The van der Waals surface area contributed by atoms with E-state index in [0.717, 1.165) is 89.0 Å². The number of ether oxygens (including phenoxy) is 3. The van der Waals surface area contributed by atoms with E-state index in [1.54, 1.807) is 17.1 Å². The Morgan fingerprint density at radius 2 is 1.76 bits per heavy atom. The van der Waals surface area contributed by atoms with Gasteiger partial charge in [0.25, 0.3) is 12.3 Å². The van der Waals surface area contributed by atoms with E-state index in [0.29, 0.717) is 44.6 Å². The molecule has 13 nitrogen and oxygen atoms in total. The molecular formula is C39H59F2N9O4. The largest absolute Gasteiger partial charge is 0.378 e. The van der Waals surface area contributed by atoms with Gasteiger partial charge in [-0.25, -0.2) is 18.3 Å². The first-order chi connectivity index (χ1) is 26.3. The van der Waals surface area contributed by atoms with Gasteiger partial charge in [-0.1, -0.05) is 19.8 Å². The number of carbonyl (C=O) groups is 1. The molecular weight excluding hydrogens is 696 g/mol. The zero-order valence-corrected chi connectivity index (χ0v) is 32.1. The quantitative estimate of drug-likeness (QED) is 0.159. The van der Waals surface area contributed by atoms with Crippen LogP contribution in [0.1, 0.15) is 99.7 Å². The van der Waals surface area contributed by atoms with Crippen molar-refractivity contribution >= 4 is 23.1 Å². The molecule has 0 radical (unpaired) electrons. The monoisotopic (exact) mass is 755 g/mol. The number of piperazine rings is 1. The van der Waals surface area contributed by atoms with Gasteiger partial charge in [0.2, 0.25) is 0 Å². The highest BCUT2D eigenvalue weighted by atomic mass is 19.3. The Balaban J connectivity index is 0.806. The van der Waals surface area contributed by atoms with Gasteiger partial charge in [0.05, 0.1) is 56.6 Å². The van der Waals surface area contributed by atoms with Gasteiger partial charge in [-0.15, -0.1) is 0 Å². The minimum atomic E-state index is -2.83. The molecule has 1 amide bonds. The Morgan fingerprint density at radius 3 is 2.48 bits per heavy atom. The van der Waals surface area contributed by atoms with Crippen molar-refractivity contribution in [1.29, 1.82) is 0 Å². The predicted molar refractivity (Wildman–Crippen MR) is 202 cm³/mol. The van der Waals surface area contributed by atoms with E-state index < -0.39 is 18.0 Å². The van der Waals surface area contributed by atoms with Crippen molar-refractivity contribution in [1.82, 2.24) is 34.6 Å². The van der Waals surface area contributed by atoms with E-state index in [2.05, 4.69) is 44.6 Å². The molecule has 4 heterocycles. The highest BCUT2D eigenvalue weighted by molar-refractivity contribution is 6.08. The summed E-state index contributed by atoms with van der Waals surface area (Å²) in [6.45, 7) is 10.4. The van der Waals surface area contributed by atoms with Gasteiger partial charge in [-0.2, -0.15) is 10.2 Å². The first-order valence-corrected chi connectivity index (χ1v) is 20.3. The van der Waals surface area contributed by atoms with Crippen molar-refractivity contribution in [2.75, 3.05) is 89.6 Å². The molecule has 54 heavy (non-hydrogen) atoms. The van der Waals surface area contributed by atoms with Crippen LogP contribution in [0.5, 0.6) is 0 Å². The SMILES string of the molecule is CCC1(OCCOCCOCCN(C)CC2CCC(n3cc(NC(=O)c4cnn5ccc(N6CCNCC6)nc45)c(C(F)F)n3)CC2)CC2CCC(C2)C1. The second-order valence-electron chi connectivity index (χ2n) is 16.0. The Hall–Kier alpha value is -3.24. The number of carbonyl (C=O) groups excluding carboxylic acids is 1. The molecule has 0 spiro atoms. The molecule has 3 aromatic rings. The van der Waals surface area contributed by atoms with Crippen LogP contribution in [0.4, 0.5) is 20.3 Å². The number of aromatic nitrogens is 5. The van der Waals surface area contributed by atoms with E-state index in [1.807, 2.05) is 6.07 Å². The molecule has 2 N–H and O–H groups in total. The van der Waals surface area contributed by atoms with Gasteiger partial charge in [0.1, 0.15) is 11.4 Å². The average Bonchev–Trinajstić information content (AvgIpc) is 3.91. The van der Waals surface area contributed by atoms with Crippen molar-refractivity contribution in [3.63, 3.8) is 0 Å². The molecule has 15 heteroatoms. The highest BCUT2D eigenvalue weighted by Crippen LogP contribution is 2.49. The van der Waals surface area contributed by atoms with Crippen LogP contribution in [0.2, 0.25) is 0 Å². The van der Waals surface area contributed by atoms with Crippen LogP contribution in [-0.4, -0.2) is 120 Å². The van der Waals surface area contributed by atoms with Crippen LogP contribution in [0.3, 0.4) is 0 Å². The second kappa shape index (κ2) is 18.1. The molecule has 4 fully saturated rings. The summed E-state index contributed by atoms with van der Waals surface area (Å²) in [4.78, 5) is 22.5. The van der Waals surface area contributed by atoms with E-state index in [1.165, 1.54) is 42.8 Å². The normalized spacial score (nSPS) is 26.0. The van der Waals surface area contributed by atoms with Crippen molar-refractivity contribution < 1.29 is 27.8 Å². The average molecular weight is 756 g/mol. The lowest BCUT2D eigenvalue weighted by Crippen LogP contribution is -2.43. The number of hydrogen-bond acceptors (Lipinski definition) is 10. The lowest BCUT2D eigenvalue weighted by Gasteiger charge is -2.40. The summed E-state index contributed by atoms with van der Waals surface area (Å²) in [5.41, 5.74) is 0.254. The van der Waals surface area contributed by atoms with E-state index in [9.17, 15) is 13.6 Å². The Kier molecular flexibility index (Phi) is 13.1. The molecule has 0 aromatic carbocycles. The fraction of sp³-hybridized carbons (Fsp3) is 0.744. The number of rotatable bonds is 18. The van der Waals surface area contributed by atoms with Gasteiger partial charge < -0.3 is 34.6 Å². The van der Waals surface area contributed by atoms with Crippen molar-refractivity contribution in [2.24, 2.45) is 17.8 Å². The van der Waals surface area contributed by atoms with Crippen molar-refractivity contribution in [2.45, 2.75) is 89.2 Å². The fourth-order valence-electron chi connectivity index (χ4n) is 9.31. The molecule has 3 saturated carbocycles. The summed E-state index contributed by atoms with van der Waals surface area (Å²) < 4.78 is 49.5. The van der Waals surface area contributed by atoms with Crippen LogP contribution >= 0.6 is 0 Å². The number of halogens is 2. The maximum atomic E-state index is 14.2. The van der Waals surface area contributed by atoms with E-state index >= 15 is 0 Å². The number of nitrogens with zero attached hydrogens (tertiary/aromatic N) is 7. The zero-order chi connectivity index (χ0) is 37.5. The zero-order valence-electron chi connectivity index (χ0n) is 32.1. The molecule has 2 bridgehead atoms. The van der Waals surface area contributed by atoms with Crippen molar-refractivity contribution in [3.8, 4) is 0 Å². The number of fused-ring (bicyclic) bond motifs is 3. The van der Waals surface area contributed by atoms with Crippen LogP contribution in [0.15, 0.2) is 24.7 Å². The number of nitrogens with one attached hydrogen (secondary N) is 2. The van der Waals surface area contributed by atoms with Gasteiger partial charge in [0, 0.05) is 51.7 Å². The van der Waals surface area contributed by atoms with Gasteiger partial charge in [-0.05, 0) is 82.2 Å². The molecule has 4 aliphatic rings. The second-order valence-corrected chi connectivity index (χ2v) is 16.0. The maximum absolute atomic E-state index is 14.2. The van der Waals surface area contributed by atoms with Gasteiger partial charge in [-0.3, -0.25) is 9.48 Å². The molecule has 298 valence electrons. The number of alkyl halides is 2. The Morgan fingerprint density at radius 1 is 1.04 bits per heavy atom. The van der Waals surface area contributed by atoms with Crippen LogP contribution in [0, 0.1) is 17.8 Å². The predicted octanol–water partition coefficient (Wildman–Crippen LogP) is 5.60. The van der Waals surface area contributed by atoms with E-state index in [4.69, 9.17) is 19.2 Å². The van der Waals surface area contributed by atoms with Crippen LogP contribution in [0.25, 0.3) is 5.65 Å². The minimum absolute atomic E-state index is 0.00559. The molecule has 2 atom stereocenters. The maximum Gasteiger partial charge on any atom is 0.284 e. The first-order valence-electron chi connectivity index (χ1n) is 20.3. The minimum Gasteiger partial charge on any atom is -0.378 e. The molecule has 3 aromatic heterocycles. The molecule has 1 aliphatic heterocycles. The molecule has 7 rings (SSSR count). The summed E-state index contributed by atoms with van der Waals surface area (Å²) in [6.07, 6.45) is 13.2. The lowest BCUT2D eigenvalue weighted by molar-refractivity contribution is -0.105. The summed E-state index contributed by atoms with van der Waals surface area (Å²) in [6, 6.07) is 1.86. The number of amides is 1. The molecule has 3 aliphatic carbocycles. The smallest absolute Gasteiger partial charge is 0.284 e. The molecule has 1 saturated heterocycles. The summed E-state index contributed by atoms with van der Waals surface area (Å²) >= 11 is 0. The Labute approximate surface area is 317 Å². The molecule has 2 unspecified atom stereocenters. The van der Waals surface area contributed by atoms with Crippen LogP contribution < -0.4 is 15.5 Å². The first kappa shape index (κ1) is 39.0. The fourth-order valence-corrected chi connectivity index (χ4v) is 9.31. The summed E-state index contributed by atoms with van der Waals surface area (Å²) in [5, 5.41) is 14.5. The lowest BCUT2D eigenvalue weighted by atomic mass is 9.76. The Bertz CT molecular complexity index is 1640. The third-order valence-corrected chi connectivity index (χ3v) is 12.3. The standard InChI is InChI=1S/C39H59F2N9O4/c1-3-39(23-29-4-5-30(22-29)24-39)54-21-20-53-19-18-52-17-16-47(2)26-28-6-8-31(9-7-28)50-27-33(35(46-50)36(40)41)44-38(51)32-25-43-49-13-10-34(45-37(32)49)48-14-11-42-12-15-48/h10,13,25,27-31,36,42H,3-9,11-12,14-24,26H2,1-2H3,(H,44,51). The van der Waals surface area contributed by atoms with Crippen LogP contribution in [-0.2, 0) is 14.2 Å². The van der Waals surface area contributed by atoms with Gasteiger partial charge in [0.15, 0.2) is 11.3 Å². The topological polar surface area (TPSA) is 123 Å². The third kappa shape index (κ3) is 9.58. The number of anilines is 2. The van der Waals surface area contributed by atoms with Gasteiger partial charge >= 0.3 is 0 Å². The third-order valence-electron chi connectivity index (χ3n) is 12.3. The number of likely N-dealkylation sites (N-methyl/N-ethyl adjacent to an activating group) is 1. The summed E-state index contributed by atoms with van der Waals surface area (Å²) in [5.74, 6) is 2.44. The van der Waals surface area contributed by atoms with Crippen molar-refractivity contribution in [3.05, 3.63) is 35.9 Å². The number of hydrogen-bond donors (Lipinski definition) is 2. The van der Waals surface area contributed by atoms with E-state index in [-0.39, 0.29) is 22.9 Å².